The predicted molar refractivity (Wildman–Crippen MR) is 112 cm³/mol. The molecular formula is C21H28N2O4S. The Balaban J connectivity index is 2.04. The molecule has 1 atom stereocenters. The summed E-state index contributed by atoms with van der Waals surface area (Å²) in [6.45, 7) is 7.49. The Hall–Kier alpha value is -2.54. The smallest absolute Gasteiger partial charge is 0.241 e. The highest BCUT2D eigenvalue weighted by atomic mass is 32.2. The standard InChI is InChI=1S/C21H28N2O4S/c1-15-10-11-16(2)19(12-15)23(28(5,25)26)13-21(24)22-18(4)14-27-20-9-7-6-8-17(20)3/h6-12,18H,13-14H2,1-5H3,(H,22,24)/t18-/m0/s1. The van der Waals surface area contributed by atoms with E-state index in [0.717, 1.165) is 33.0 Å². The van der Waals surface area contributed by atoms with Crippen molar-refractivity contribution in [1.82, 2.24) is 5.32 Å². The molecule has 28 heavy (non-hydrogen) atoms. The number of carbonyl (C=O) groups excluding carboxylic acids is 1. The molecule has 0 unspecified atom stereocenters. The molecular weight excluding hydrogens is 376 g/mol. The number of aryl methyl sites for hydroxylation is 3. The van der Waals surface area contributed by atoms with E-state index in [0.29, 0.717) is 12.3 Å². The lowest BCUT2D eigenvalue weighted by Crippen LogP contribution is -2.45. The second kappa shape index (κ2) is 9.10. The monoisotopic (exact) mass is 404 g/mol. The van der Waals surface area contributed by atoms with E-state index in [1.807, 2.05) is 64.1 Å². The van der Waals surface area contributed by atoms with Crippen LogP contribution in [-0.2, 0) is 14.8 Å². The summed E-state index contributed by atoms with van der Waals surface area (Å²) in [5.74, 6) is 0.379. The summed E-state index contributed by atoms with van der Waals surface area (Å²) in [7, 11) is -3.61. The lowest BCUT2D eigenvalue weighted by Gasteiger charge is -2.25. The van der Waals surface area contributed by atoms with Gasteiger partial charge in [0, 0.05) is 0 Å². The molecule has 0 fully saturated rings. The number of benzene rings is 2. The summed E-state index contributed by atoms with van der Waals surface area (Å²) in [5.41, 5.74) is 3.25. The van der Waals surface area contributed by atoms with Crippen molar-refractivity contribution in [2.24, 2.45) is 0 Å². The summed E-state index contributed by atoms with van der Waals surface area (Å²) >= 11 is 0. The van der Waals surface area contributed by atoms with E-state index in [-0.39, 0.29) is 18.5 Å². The molecule has 1 N–H and O–H groups in total. The lowest BCUT2D eigenvalue weighted by atomic mass is 10.1. The van der Waals surface area contributed by atoms with Crippen LogP contribution in [0.25, 0.3) is 0 Å². The average molecular weight is 405 g/mol. The van der Waals surface area contributed by atoms with Gasteiger partial charge in [0.05, 0.1) is 18.0 Å². The van der Waals surface area contributed by atoms with Crippen LogP contribution in [0.15, 0.2) is 42.5 Å². The van der Waals surface area contributed by atoms with Crippen LogP contribution in [0.1, 0.15) is 23.6 Å². The van der Waals surface area contributed by atoms with Crippen molar-refractivity contribution in [1.29, 1.82) is 0 Å². The van der Waals surface area contributed by atoms with Gasteiger partial charge in [-0.2, -0.15) is 0 Å². The third-order valence-corrected chi connectivity index (χ3v) is 5.44. The summed E-state index contributed by atoms with van der Waals surface area (Å²) in [6, 6.07) is 12.9. The third kappa shape index (κ3) is 5.99. The number of carbonyl (C=O) groups is 1. The number of ether oxygens (including phenoxy) is 1. The van der Waals surface area contributed by atoms with E-state index in [9.17, 15) is 13.2 Å². The van der Waals surface area contributed by atoms with Crippen LogP contribution in [0.4, 0.5) is 5.69 Å². The van der Waals surface area contributed by atoms with Gasteiger partial charge in [-0.25, -0.2) is 8.42 Å². The number of hydrogen-bond acceptors (Lipinski definition) is 4. The molecule has 152 valence electrons. The van der Waals surface area contributed by atoms with Crippen molar-refractivity contribution < 1.29 is 17.9 Å². The van der Waals surface area contributed by atoms with Crippen LogP contribution in [0, 0.1) is 20.8 Å². The van der Waals surface area contributed by atoms with Crippen LogP contribution in [0.2, 0.25) is 0 Å². The Morgan fingerprint density at radius 3 is 2.43 bits per heavy atom. The van der Waals surface area contributed by atoms with E-state index in [1.54, 1.807) is 6.07 Å². The van der Waals surface area contributed by atoms with Crippen LogP contribution in [0.3, 0.4) is 0 Å². The van der Waals surface area contributed by atoms with Crippen molar-refractivity contribution in [3.05, 3.63) is 59.2 Å². The average Bonchev–Trinajstić information content (AvgIpc) is 2.60. The molecule has 0 radical (unpaired) electrons. The molecule has 0 saturated heterocycles. The molecule has 0 aliphatic rings. The van der Waals surface area contributed by atoms with Crippen LogP contribution < -0.4 is 14.4 Å². The van der Waals surface area contributed by atoms with Crippen molar-refractivity contribution in [2.45, 2.75) is 33.7 Å². The Bertz CT molecular complexity index is 941. The zero-order valence-electron chi connectivity index (χ0n) is 17.0. The molecule has 0 aromatic heterocycles. The topological polar surface area (TPSA) is 75.7 Å². The Labute approximate surface area is 167 Å². The molecule has 0 bridgehead atoms. The SMILES string of the molecule is Cc1ccc(C)c(N(CC(=O)N[C@@H](C)COc2ccccc2C)S(C)(=O)=O)c1. The van der Waals surface area contributed by atoms with E-state index >= 15 is 0 Å². The number of rotatable bonds is 8. The molecule has 0 aliphatic carbocycles. The highest BCUT2D eigenvalue weighted by Gasteiger charge is 2.23. The van der Waals surface area contributed by atoms with Crippen LogP contribution >= 0.6 is 0 Å². The second-order valence-electron chi connectivity index (χ2n) is 7.10. The van der Waals surface area contributed by atoms with Gasteiger partial charge in [-0.15, -0.1) is 0 Å². The first-order valence-corrected chi connectivity index (χ1v) is 11.0. The zero-order valence-corrected chi connectivity index (χ0v) is 17.8. The number of hydrogen-bond donors (Lipinski definition) is 1. The maximum absolute atomic E-state index is 12.5. The lowest BCUT2D eigenvalue weighted by molar-refractivity contribution is -0.120. The minimum absolute atomic E-state index is 0.271. The van der Waals surface area contributed by atoms with E-state index in [2.05, 4.69) is 5.32 Å². The van der Waals surface area contributed by atoms with Crippen LogP contribution in [-0.4, -0.2) is 39.8 Å². The van der Waals surface area contributed by atoms with Gasteiger partial charge >= 0.3 is 0 Å². The largest absolute Gasteiger partial charge is 0.491 e. The van der Waals surface area contributed by atoms with Gasteiger partial charge in [-0.05, 0) is 56.5 Å². The number of sulfonamides is 1. The first-order chi connectivity index (χ1) is 13.1. The zero-order chi connectivity index (χ0) is 20.9. The van der Waals surface area contributed by atoms with Gasteiger partial charge in [-0.3, -0.25) is 9.10 Å². The molecule has 2 aromatic carbocycles. The quantitative estimate of drug-likeness (QED) is 0.734. The Morgan fingerprint density at radius 1 is 1.11 bits per heavy atom. The van der Waals surface area contributed by atoms with E-state index in [4.69, 9.17) is 4.74 Å². The summed E-state index contributed by atoms with van der Waals surface area (Å²) in [6.07, 6.45) is 1.10. The molecule has 1 amide bonds. The molecule has 0 aliphatic heterocycles. The molecule has 0 spiro atoms. The molecule has 0 heterocycles. The highest BCUT2D eigenvalue weighted by molar-refractivity contribution is 7.92. The molecule has 7 heteroatoms. The van der Waals surface area contributed by atoms with Gasteiger partial charge in [-0.1, -0.05) is 30.3 Å². The maximum Gasteiger partial charge on any atom is 0.241 e. The van der Waals surface area contributed by atoms with Crippen LogP contribution in [0.5, 0.6) is 5.75 Å². The van der Waals surface area contributed by atoms with E-state index < -0.39 is 10.0 Å². The first-order valence-electron chi connectivity index (χ1n) is 9.10. The van der Waals surface area contributed by atoms with Gasteiger partial charge in [0.25, 0.3) is 0 Å². The molecule has 2 rings (SSSR count). The number of nitrogens with one attached hydrogen (secondary N) is 1. The fraction of sp³-hybridized carbons (Fsp3) is 0.381. The van der Waals surface area contributed by atoms with Crippen molar-refractivity contribution in [2.75, 3.05) is 23.7 Å². The fourth-order valence-corrected chi connectivity index (χ4v) is 3.70. The highest BCUT2D eigenvalue weighted by Crippen LogP contribution is 2.23. The maximum atomic E-state index is 12.5. The summed E-state index contributed by atoms with van der Waals surface area (Å²) in [4.78, 5) is 12.5. The number of para-hydroxylation sites is 1. The van der Waals surface area contributed by atoms with E-state index in [1.165, 1.54) is 0 Å². The molecule has 6 nitrogen and oxygen atoms in total. The normalized spacial score (nSPS) is 12.3. The van der Waals surface area contributed by atoms with Crippen molar-refractivity contribution >= 4 is 21.6 Å². The molecule has 0 saturated carbocycles. The van der Waals surface area contributed by atoms with Crippen molar-refractivity contribution in [3.8, 4) is 5.75 Å². The number of nitrogens with zero attached hydrogens (tertiary/aromatic N) is 1. The third-order valence-electron chi connectivity index (χ3n) is 4.31. The van der Waals surface area contributed by atoms with Gasteiger partial charge in [0.2, 0.25) is 15.9 Å². The number of amides is 1. The summed E-state index contributed by atoms with van der Waals surface area (Å²) < 4.78 is 31.5. The minimum atomic E-state index is -3.61. The van der Waals surface area contributed by atoms with Crippen molar-refractivity contribution in [3.63, 3.8) is 0 Å². The van der Waals surface area contributed by atoms with Gasteiger partial charge < -0.3 is 10.1 Å². The fourth-order valence-electron chi connectivity index (χ4n) is 2.79. The van der Waals surface area contributed by atoms with Gasteiger partial charge in [0.15, 0.2) is 0 Å². The first kappa shape index (κ1) is 21.8. The van der Waals surface area contributed by atoms with Gasteiger partial charge in [0.1, 0.15) is 18.9 Å². The summed E-state index contributed by atoms with van der Waals surface area (Å²) in [5, 5.41) is 2.81. The Kier molecular flexibility index (Phi) is 7.07. The predicted octanol–water partition coefficient (Wildman–Crippen LogP) is 2.96. The second-order valence-corrected chi connectivity index (χ2v) is 9.01. The minimum Gasteiger partial charge on any atom is -0.491 e. The molecule has 2 aromatic rings. The number of anilines is 1. The Morgan fingerprint density at radius 2 is 1.79 bits per heavy atom.